The molecule has 0 saturated carbocycles. The van der Waals surface area contributed by atoms with E-state index in [1.165, 1.54) is 0 Å². The first kappa shape index (κ1) is 22.5. The van der Waals surface area contributed by atoms with Gasteiger partial charge < -0.3 is 14.2 Å². The first-order valence-corrected chi connectivity index (χ1v) is 9.78. The molecule has 0 saturated heterocycles. The first-order valence-electron chi connectivity index (χ1n) is 9.78. The van der Waals surface area contributed by atoms with Gasteiger partial charge in [0.15, 0.2) is 6.10 Å². The van der Waals surface area contributed by atoms with E-state index in [-0.39, 0.29) is 11.2 Å². The fraction of sp³-hybridized carbons (Fsp3) is 0.400. The third kappa shape index (κ3) is 7.30. The van der Waals surface area contributed by atoms with Crippen LogP contribution in [0.2, 0.25) is 0 Å². The van der Waals surface area contributed by atoms with Crippen molar-refractivity contribution in [3.05, 3.63) is 71.8 Å². The van der Waals surface area contributed by atoms with Crippen molar-refractivity contribution in [1.82, 2.24) is 0 Å². The largest absolute Gasteiger partial charge is 0.488 e. The highest BCUT2D eigenvalue weighted by Gasteiger charge is 2.21. The maximum atomic E-state index is 12.2. The molecule has 0 bridgehead atoms. The average Bonchev–Trinajstić information content (AvgIpc) is 2.58. The van der Waals surface area contributed by atoms with Crippen molar-refractivity contribution in [2.45, 2.75) is 65.8 Å². The molecule has 0 amide bonds. The number of benzene rings is 2. The average molecular weight is 397 g/mol. The predicted octanol–water partition coefficient (Wildman–Crippen LogP) is 6.25. The molecule has 0 aliphatic heterocycles. The van der Waals surface area contributed by atoms with Gasteiger partial charge >= 0.3 is 5.97 Å². The Morgan fingerprint density at radius 2 is 1.10 bits per heavy atom. The Balaban J connectivity index is 2.32. The molecule has 0 heterocycles. The highest BCUT2D eigenvalue weighted by Crippen LogP contribution is 2.31. The maximum Gasteiger partial charge on any atom is 0.334 e. The van der Waals surface area contributed by atoms with E-state index < -0.39 is 12.1 Å². The zero-order valence-electron chi connectivity index (χ0n) is 18.5. The van der Waals surface area contributed by atoms with Crippen molar-refractivity contribution in [2.75, 3.05) is 0 Å². The van der Waals surface area contributed by atoms with E-state index in [1.54, 1.807) is 6.92 Å². The standard InChI is InChI=1S/C25H32O4/c1-17(2)23(26)27-22(18-9-13-20(14-10-18)28-24(3,4)5)19-11-15-21(16-12-19)29-25(6,7)8/h9-16,22H,1H2,2-8H3. The first-order chi connectivity index (χ1) is 13.3. The number of carbonyl (C=O) groups is 1. The summed E-state index contributed by atoms with van der Waals surface area (Å²) in [6.45, 7) is 17.3. The highest BCUT2D eigenvalue weighted by atomic mass is 16.5. The second kappa shape index (κ2) is 8.73. The molecule has 0 aliphatic rings. The van der Waals surface area contributed by atoms with E-state index >= 15 is 0 Å². The Morgan fingerprint density at radius 3 is 1.38 bits per heavy atom. The van der Waals surface area contributed by atoms with Gasteiger partial charge in [0, 0.05) is 5.57 Å². The van der Waals surface area contributed by atoms with Gasteiger partial charge in [-0.2, -0.15) is 0 Å². The summed E-state index contributed by atoms with van der Waals surface area (Å²) >= 11 is 0. The second-order valence-electron chi connectivity index (χ2n) is 9.13. The van der Waals surface area contributed by atoms with Crippen LogP contribution in [0.25, 0.3) is 0 Å². The maximum absolute atomic E-state index is 12.2. The zero-order valence-corrected chi connectivity index (χ0v) is 18.5. The quantitative estimate of drug-likeness (QED) is 0.428. The van der Waals surface area contributed by atoms with Crippen molar-refractivity contribution < 1.29 is 19.0 Å². The molecule has 0 aliphatic carbocycles. The summed E-state index contributed by atoms with van der Waals surface area (Å²) in [7, 11) is 0. The molecule has 0 spiro atoms. The monoisotopic (exact) mass is 396 g/mol. The van der Waals surface area contributed by atoms with E-state index in [9.17, 15) is 4.79 Å². The van der Waals surface area contributed by atoms with Crippen LogP contribution in [-0.2, 0) is 9.53 Å². The van der Waals surface area contributed by atoms with Crippen LogP contribution in [0.15, 0.2) is 60.7 Å². The molecule has 0 fully saturated rings. The molecular formula is C25H32O4. The number of esters is 1. The number of carbonyl (C=O) groups excluding carboxylic acids is 1. The molecule has 2 aromatic rings. The van der Waals surface area contributed by atoms with E-state index in [0.29, 0.717) is 5.57 Å². The van der Waals surface area contributed by atoms with Crippen molar-refractivity contribution in [1.29, 1.82) is 0 Å². The molecule has 29 heavy (non-hydrogen) atoms. The number of hydrogen-bond acceptors (Lipinski definition) is 4. The van der Waals surface area contributed by atoms with Gasteiger partial charge in [-0.3, -0.25) is 0 Å². The Bertz CT molecular complexity index is 775. The summed E-state index contributed by atoms with van der Waals surface area (Å²) in [4.78, 5) is 12.2. The summed E-state index contributed by atoms with van der Waals surface area (Å²) in [5.74, 6) is 1.10. The van der Waals surface area contributed by atoms with Crippen LogP contribution in [0.1, 0.15) is 65.7 Å². The van der Waals surface area contributed by atoms with Crippen LogP contribution in [0.3, 0.4) is 0 Å². The summed E-state index contributed by atoms with van der Waals surface area (Å²) < 4.78 is 17.5. The summed E-state index contributed by atoms with van der Waals surface area (Å²) in [5.41, 5.74) is 1.50. The second-order valence-corrected chi connectivity index (χ2v) is 9.13. The Hall–Kier alpha value is -2.75. The van der Waals surface area contributed by atoms with E-state index in [4.69, 9.17) is 14.2 Å². The smallest absolute Gasteiger partial charge is 0.334 e. The number of rotatable bonds is 6. The van der Waals surface area contributed by atoms with Gasteiger partial charge in [-0.05, 0) is 83.9 Å². The highest BCUT2D eigenvalue weighted by molar-refractivity contribution is 5.87. The van der Waals surface area contributed by atoms with Gasteiger partial charge in [0.25, 0.3) is 0 Å². The fourth-order valence-corrected chi connectivity index (χ4v) is 2.66. The molecule has 0 N–H and O–H groups in total. The summed E-state index contributed by atoms with van der Waals surface area (Å²) in [6.07, 6.45) is -0.549. The van der Waals surface area contributed by atoms with Crippen LogP contribution in [0.4, 0.5) is 0 Å². The minimum absolute atomic E-state index is 0.282. The minimum atomic E-state index is -0.549. The summed E-state index contributed by atoms with van der Waals surface area (Å²) in [6, 6.07) is 15.2. The lowest BCUT2D eigenvalue weighted by Crippen LogP contribution is -2.23. The van der Waals surface area contributed by atoms with Gasteiger partial charge in [-0.1, -0.05) is 30.8 Å². The lowest BCUT2D eigenvalue weighted by molar-refractivity contribution is -0.142. The molecule has 4 nitrogen and oxygen atoms in total. The number of hydrogen-bond donors (Lipinski definition) is 0. The topological polar surface area (TPSA) is 44.8 Å². The van der Waals surface area contributed by atoms with Crippen molar-refractivity contribution in [3.8, 4) is 11.5 Å². The van der Waals surface area contributed by atoms with Gasteiger partial charge in [0.1, 0.15) is 22.7 Å². The zero-order chi connectivity index (χ0) is 21.8. The lowest BCUT2D eigenvalue weighted by Gasteiger charge is -2.23. The summed E-state index contributed by atoms with van der Waals surface area (Å²) in [5, 5.41) is 0. The van der Waals surface area contributed by atoms with Gasteiger partial charge in [-0.25, -0.2) is 4.79 Å². The molecule has 2 aromatic carbocycles. The third-order valence-electron chi connectivity index (χ3n) is 3.79. The fourth-order valence-electron chi connectivity index (χ4n) is 2.66. The molecule has 0 unspecified atom stereocenters. The Labute approximate surface area is 174 Å². The van der Waals surface area contributed by atoms with E-state index in [0.717, 1.165) is 22.6 Å². The van der Waals surface area contributed by atoms with Crippen LogP contribution >= 0.6 is 0 Å². The molecule has 0 atom stereocenters. The van der Waals surface area contributed by atoms with Gasteiger partial charge in [0.2, 0.25) is 0 Å². The van der Waals surface area contributed by atoms with Gasteiger partial charge in [0.05, 0.1) is 0 Å². The normalized spacial score (nSPS) is 11.9. The minimum Gasteiger partial charge on any atom is -0.488 e. The lowest BCUT2D eigenvalue weighted by atomic mass is 10.0. The molecule has 4 heteroatoms. The third-order valence-corrected chi connectivity index (χ3v) is 3.79. The predicted molar refractivity (Wildman–Crippen MR) is 116 cm³/mol. The van der Waals surface area contributed by atoms with Crippen molar-refractivity contribution in [2.24, 2.45) is 0 Å². The van der Waals surface area contributed by atoms with Crippen molar-refractivity contribution in [3.63, 3.8) is 0 Å². The number of ether oxygens (including phenoxy) is 3. The molecular weight excluding hydrogens is 364 g/mol. The molecule has 2 rings (SSSR count). The van der Waals surface area contributed by atoms with Crippen LogP contribution in [-0.4, -0.2) is 17.2 Å². The Kier molecular flexibility index (Phi) is 6.78. The van der Waals surface area contributed by atoms with Crippen LogP contribution in [0.5, 0.6) is 11.5 Å². The van der Waals surface area contributed by atoms with Crippen LogP contribution in [0, 0.1) is 0 Å². The molecule has 0 aromatic heterocycles. The van der Waals surface area contributed by atoms with Crippen molar-refractivity contribution >= 4 is 5.97 Å². The van der Waals surface area contributed by atoms with E-state index in [2.05, 4.69) is 6.58 Å². The molecule has 0 radical (unpaired) electrons. The Morgan fingerprint density at radius 1 is 0.759 bits per heavy atom. The van der Waals surface area contributed by atoms with Gasteiger partial charge in [-0.15, -0.1) is 0 Å². The van der Waals surface area contributed by atoms with Crippen LogP contribution < -0.4 is 9.47 Å². The molecule has 156 valence electrons. The SMILES string of the molecule is C=C(C)C(=O)OC(c1ccc(OC(C)(C)C)cc1)c1ccc(OC(C)(C)C)cc1. The van der Waals surface area contributed by atoms with E-state index in [1.807, 2.05) is 90.1 Å².